The predicted octanol–water partition coefficient (Wildman–Crippen LogP) is 0.360. The van der Waals surface area contributed by atoms with Crippen molar-refractivity contribution in [2.45, 2.75) is 31.3 Å². The number of carbonyl (C=O) groups is 1. The molecule has 0 saturated carbocycles. The first-order valence-corrected chi connectivity index (χ1v) is 6.13. The van der Waals surface area contributed by atoms with E-state index in [-0.39, 0.29) is 11.9 Å². The summed E-state index contributed by atoms with van der Waals surface area (Å²) in [5, 5.41) is 6.33. The van der Waals surface area contributed by atoms with E-state index in [4.69, 9.17) is 0 Å². The van der Waals surface area contributed by atoms with Crippen LogP contribution in [-0.4, -0.2) is 36.0 Å². The Bertz CT molecular complexity index is 192. The fourth-order valence-corrected chi connectivity index (χ4v) is 3.05. The lowest BCUT2D eigenvalue weighted by molar-refractivity contribution is -0.124. The molecule has 2 aliphatic rings. The Balaban J connectivity index is 1.81. The average molecular weight is 200 g/mol. The van der Waals surface area contributed by atoms with Gasteiger partial charge >= 0.3 is 0 Å². The van der Waals surface area contributed by atoms with Gasteiger partial charge in [0, 0.05) is 18.3 Å². The number of rotatable bonds is 2. The molecule has 13 heavy (non-hydrogen) atoms. The van der Waals surface area contributed by atoms with Gasteiger partial charge < -0.3 is 10.6 Å². The van der Waals surface area contributed by atoms with Crippen LogP contribution in [0.4, 0.5) is 0 Å². The molecule has 4 heteroatoms. The van der Waals surface area contributed by atoms with Crippen LogP contribution in [0.3, 0.4) is 0 Å². The molecular formula is C9H16N2OS. The SMILES string of the molecule is O=C1NCCCC1NC1CCSC1. The minimum atomic E-state index is 0.0810. The summed E-state index contributed by atoms with van der Waals surface area (Å²) in [6.45, 7) is 0.858. The fourth-order valence-electron chi connectivity index (χ4n) is 1.88. The fraction of sp³-hybridized carbons (Fsp3) is 0.889. The molecule has 2 unspecified atom stereocenters. The molecule has 1 amide bonds. The van der Waals surface area contributed by atoms with Crippen LogP contribution in [0.25, 0.3) is 0 Å². The van der Waals surface area contributed by atoms with Crippen LogP contribution in [-0.2, 0) is 4.79 Å². The molecule has 2 N–H and O–H groups in total. The second kappa shape index (κ2) is 4.33. The van der Waals surface area contributed by atoms with Gasteiger partial charge in [0.1, 0.15) is 0 Å². The Morgan fingerprint density at radius 1 is 1.46 bits per heavy atom. The Labute approximate surface area is 83.0 Å². The van der Waals surface area contributed by atoms with Crippen molar-refractivity contribution in [3.8, 4) is 0 Å². The van der Waals surface area contributed by atoms with E-state index in [1.54, 1.807) is 0 Å². The first-order chi connectivity index (χ1) is 6.36. The number of nitrogens with one attached hydrogen (secondary N) is 2. The van der Waals surface area contributed by atoms with E-state index in [2.05, 4.69) is 10.6 Å². The highest BCUT2D eigenvalue weighted by Crippen LogP contribution is 2.18. The normalized spacial score (nSPS) is 34.6. The maximum Gasteiger partial charge on any atom is 0.237 e. The number of thioether (sulfide) groups is 1. The second-order valence-electron chi connectivity index (χ2n) is 3.71. The molecule has 0 bridgehead atoms. The summed E-state index contributed by atoms with van der Waals surface area (Å²) < 4.78 is 0. The first kappa shape index (κ1) is 9.34. The number of amides is 1. The van der Waals surface area contributed by atoms with E-state index in [1.807, 2.05) is 11.8 Å². The van der Waals surface area contributed by atoms with Gasteiger partial charge in [-0.05, 0) is 25.0 Å². The molecule has 3 nitrogen and oxygen atoms in total. The third-order valence-electron chi connectivity index (χ3n) is 2.65. The number of carbonyl (C=O) groups excluding carboxylic acids is 1. The van der Waals surface area contributed by atoms with Gasteiger partial charge in [0.2, 0.25) is 5.91 Å². The molecular weight excluding hydrogens is 184 g/mol. The molecule has 0 aliphatic carbocycles. The first-order valence-electron chi connectivity index (χ1n) is 4.98. The molecule has 0 aromatic carbocycles. The van der Waals surface area contributed by atoms with Crippen molar-refractivity contribution in [1.82, 2.24) is 10.6 Å². The largest absolute Gasteiger partial charge is 0.355 e. The van der Waals surface area contributed by atoms with Gasteiger partial charge in [0.25, 0.3) is 0 Å². The third kappa shape index (κ3) is 2.38. The maximum absolute atomic E-state index is 11.4. The van der Waals surface area contributed by atoms with Crippen molar-refractivity contribution >= 4 is 17.7 Å². The van der Waals surface area contributed by atoms with Crippen LogP contribution in [0.5, 0.6) is 0 Å². The lowest BCUT2D eigenvalue weighted by atomic mass is 10.1. The van der Waals surface area contributed by atoms with Crippen molar-refractivity contribution in [3.63, 3.8) is 0 Å². The summed E-state index contributed by atoms with van der Waals surface area (Å²) in [7, 11) is 0. The van der Waals surface area contributed by atoms with Crippen molar-refractivity contribution in [2.75, 3.05) is 18.1 Å². The van der Waals surface area contributed by atoms with E-state index in [0.717, 1.165) is 19.4 Å². The highest BCUT2D eigenvalue weighted by Gasteiger charge is 2.25. The topological polar surface area (TPSA) is 41.1 Å². The van der Waals surface area contributed by atoms with Crippen molar-refractivity contribution in [2.24, 2.45) is 0 Å². The van der Waals surface area contributed by atoms with E-state index >= 15 is 0 Å². The summed E-state index contributed by atoms with van der Waals surface area (Å²) in [5.74, 6) is 2.61. The quantitative estimate of drug-likeness (QED) is 0.676. The van der Waals surface area contributed by atoms with Gasteiger partial charge in [-0.2, -0.15) is 11.8 Å². The molecule has 2 fully saturated rings. The Kier molecular flexibility index (Phi) is 3.11. The molecule has 2 heterocycles. The summed E-state index contributed by atoms with van der Waals surface area (Å²) >= 11 is 1.98. The maximum atomic E-state index is 11.4. The minimum absolute atomic E-state index is 0.0810. The van der Waals surface area contributed by atoms with Crippen molar-refractivity contribution in [3.05, 3.63) is 0 Å². The average Bonchev–Trinajstić information content (AvgIpc) is 2.61. The lowest BCUT2D eigenvalue weighted by Crippen LogP contribution is -2.51. The monoisotopic (exact) mass is 200 g/mol. The molecule has 74 valence electrons. The second-order valence-corrected chi connectivity index (χ2v) is 4.86. The van der Waals surface area contributed by atoms with E-state index in [1.165, 1.54) is 17.9 Å². The summed E-state index contributed by atoms with van der Waals surface area (Å²) in [5.41, 5.74) is 0. The lowest BCUT2D eigenvalue weighted by Gasteiger charge is -2.25. The Hall–Kier alpha value is -0.220. The standard InChI is InChI=1S/C9H16N2OS/c12-9-8(2-1-4-10-9)11-7-3-5-13-6-7/h7-8,11H,1-6H2,(H,10,12). The molecule has 2 aliphatic heterocycles. The van der Waals surface area contributed by atoms with Crippen LogP contribution in [0.1, 0.15) is 19.3 Å². The van der Waals surface area contributed by atoms with Crippen molar-refractivity contribution in [1.29, 1.82) is 0 Å². The van der Waals surface area contributed by atoms with Gasteiger partial charge in [-0.25, -0.2) is 0 Å². The molecule has 2 atom stereocenters. The summed E-state index contributed by atoms with van der Waals surface area (Å²) in [6.07, 6.45) is 3.34. The smallest absolute Gasteiger partial charge is 0.237 e. The molecule has 2 saturated heterocycles. The van der Waals surface area contributed by atoms with Gasteiger partial charge in [0.05, 0.1) is 6.04 Å². The zero-order chi connectivity index (χ0) is 9.10. The highest BCUT2D eigenvalue weighted by atomic mass is 32.2. The van der Waals surface area contributed by atoms with Gasteiger partial charge in [0.15, 0.2) is 0 Å². The number of piperidine rings is 1. The van der Waals surface area contributed by atoms with Crippen LogP contribution >= 0.6 is 11.8 Å². The molecule has 0 aromatic rings. The molecule has 0 aromatic heterocycles. The summed E-state index contributed by atoms with van der Waals surface area (Å²) in [4.78, 5) is 11.4. The molecule has 0 spiro atoms. The third-order valence-corrected chi connectivity index (χ3v) is 3.81. The Morgan fingerprint density at radius 2 is 2.38 bits per heavy atom. The van der Waals surface area contributed by atoms with Gasteiger partial charge in [-0.3, -0.25) is 4.79 Å². The van der Waals surface area contributed by atoms with Gasteiger partial charge in [-0.1, -0.05) is 0 Å². The summed E-state index contributed by atoms with van der Waals surface area (Å²) in [6, 6.07) is 0.649. The Morgan fingerprint density at radius 3 is 3.08 bits per heavy atom. The zero-order valence-electron chi connectivity index (χ0n) is 7.71. The minimum Gasteiger partial charge on any atom is -0.355 e. The van der Waals surface area contributed by atoms with E-state index in [9.17, 15) is 4.79 Å². The number of hydrogen-bond acceptors (Lipinski definition) is 3. The van der Waals surface area contributed by atoms with Gasteiger partial charge in [-0.15, -0.1) is 0 Å². The van der Waals surface area contributed by atoms with Crippen LogP contribution in [0, 0.1) is 0 Å². The van der Waals surface area contributed by atoms with Crippen LogP contribution < -0.4 is 10.6 Å². The number of hydrogen-bond donors (Lipinski definition) is 2. The highest BCUT2D eigenvalue weighted by molar-refractivity contribution is 7.99. The van der Waals surface area contributed by atoms with E-state index in [0.29, 0.717) is 6.04 Å². The molecule has 2 rings (SSSR count). The van der Waals surface area contributed by atoms with Crippen LogP contribution in [0.15, 0.2) is 0 Å². The van der Waals surface area contributed by atoms with Crippen LogP contribution in [0.2, 0.25) is 0 Å². The van der Waals surface area contributed by atoms with Crippen molar-refractivity contribution < 1.29 is 4.79 Å². The molecule has 0 radical (unpaired) electrons. The predicted molar refractivity (Wildman–Crippen MR) is 54.9 cm³/mol. The van der Waals surface area contributed by atoms with E-state index < -0.39 is 0 Å². The zero-order valence-corrected chi connectivity index (χ0v) is 8.53.